The van der Waals surface area contributed by atoms with Gasteiger partial charge in [0.15, 0.2) is 5.58 Å². The van der Waals surface area contributed by atoms with Gasteiger partial charge in [-0.15, -0.1) is 0 Å². The third-order valence-corrected chi connectivity index (χ3v) is 14.4. The average Bonchev–Trinajstić information content (AvgIpc) is 3.72. The van der Waals surface area contributed by atoms with Crippen molar-refractivity contribution in [2.75, 3.05) is 19.6 Å². The summed E-state index contributed by atoms with van der Waals surface area (Å²) < 4.78 is 7.87. The molecular formula is C62H57BN4O. The number of hydrogen-bond donors (Lipinski definition) is 0. The second-order valence-electron chi connectivity index (χ2n) is 21.9. The van der Waals surface area contributed by atoms with E-state index in [-0.39, 0.29) is 23.0 Å². The molecule has 0 amide bonds. The van der Waals surface area contributed by atoms with Gasteiger partial charge >= 0.3 is 0 Å². The molecule has 3 aliphatic rings. The minimum absolute atomic E-state index is 0.00330. The molecule has 9 aromatic rings. The molecule has 0 saturated heterocycles. The molecule has 3 aliphatic heterocycles. The Morgan fingerprint density at radius 2 is 0.779 bits per heavy atom. The first kappa shape index (κ1) is 42.0. The number of benzene rings is 8. The highest BCUT2D eigenvalue weighted by Gasteiger charge is 2.48. The van der Waals surface area contributed by atoms with Crippen molar-refractivity contribution in [1.82, 2.24) is 0 Å². The lowest BCUT2D eigenvalue weighted by Crippen LogP contribution is -2.61. The summed E-state index contributed by atoms with van der Waals surface area (Å²) in [5.74, 6) is 0. The molecule has 4 heterocycles. The van der Waals surface area contributed by atoms with Crippen LogP contribution in [-0.4, -0.2) is 6.71 Å². The largest absolute Gasteiger partial charge is 0.466 e. The van der Waals surface area contributed by atoms with E-state index < -0.39 is 0 Å². The molecule has 5 nitrogen and oxygen atoms in total. The quantitative estimate of drug-likeness (QED) is 0.164. The van der Waals surface area contributed by atoms with Crippen LogP contribution in [-0.2, 0) is 16.2 Å². The average molecular weight is 885 g/mol. The van der Waals surface area contributed by atoms with Gasteiger partial charge in [-0.2, -0.15) is 0 Å². The molecule has 0 bridgehead atoms. The number of nitrogens with zero attached hydrogens (tertiary/aromatic N) is 4. The lowest BCUT2D eigenvalue weighted by atomic mass is 9.35. The summed E-state index contributed by atoms with van der Waals surface area (Å²) in [6, 6.07) is 67.4. The van der Waals surface area contributed by atoms with Crippen molar-refractivity contribution in [2.45, 2.75) is 78.6 Å². The molecular weight excluding hydrogens is 828 g/mol. The molecule has 68 heavy (non-hydrogen) atoms. The molecule has 0 N–H and O–H groups in total. The van der Waals surface area contributed by atoms with E-state index in [0.717, 1.165) is 79.2 Å². The van der Waals surface area contributed by atoms with E-state index in [0.29, 0.717) is 0 Å². The van der Waals surface area contributed by atoms with Gasteiger partial charge in [0.25, 0.3) is 6.71 Å². The Hall–Kier alpha value is -7.44. The van der Waals surface area contributed by atoms with Gasteiger partial charge in [0.2, 0.25) is 0 Å². The molecule has 12 rings (SSSR count). The third kappa shape index (κ3) is 6.44. The van der Waals surface area contributed by atoms with Crippen molar-refractivity contribution in [1.29, 1.82) is 0 Å². The van der Waals surface area contributed by atoms with E-state index in [2.05, 4.69) is 264 Å². The lowest BCUT2D eigenvalue weighted by Gasteiger charge is -2.43. The van der Waals surface area contributed by atoms with Gasteiger partial charge in [-0.1, -0.05) is 153 Å². The van der Waals surface area contributed by atoms with Crippen LogP contribution in [0.1, 0.15) is 79.0 Å². The van der Waals surface area contributed by atoms with E-state index in [1.54, 1.807) is 0 Å². The van der Waals surface area contributed by atoms with Crippen LogP contribution >= 0.6 is 0 Å². The van der Waals surface area contributed by atoms with Gasteiger partial charge in [-0.05, 0) is 135 Å². The Kier molecular flexibility index (Phi) is 9.28. The number of anilines is 12. The fraction of sp³-hybridized carbons (Fsp3) is 0.194. The summed E-state index contributed by atoms with van der Waals surface area (Å²) >= 11 is 0. The maximum Gasteiger partial charge on any atom is 0.297 e. The van der Waals surface area contributed by atoms with Crippen LogP contribution in [0.4, 0.5) is 68.2 Å². The zero-order valence-corrected chi connectivity index (χ0v) is 40.6. The Balaban J connectivity index is 1.19. The molecule has 0 aliphatic carbocycles. The molecule has 0 atom stereocenters. The summed E-state index contributed by atoms with van der Waals surface area (Å²) in [7, 11) is 0. The molecule has 0 fully saturated rings. The van der Waals surface area contributed by atoms with Crippen molar-refractivity contribution < 1.29 is 4.42 Å². The Morgan fingerprint density at radius 1 is 0.353 bits per heavy atom. The smallest absolute Gasteiger partial charge is 0.297 e. The third-order valence-electron chi connectivity index (χ3n) is 14.4. The second-order valence-corrected chi connectivity index (χ2v) is 21.9. The van der Waals surface area contributed by atoms with Crippen molar-refractivity contribution >= 4 is 103 Å². The number of furan rings is 1. The normalized spacial score (nSPS) is 14.1. The maximum absolute atomic E-state index is 7.87. The Bertz CT molecular complexity index is 3410. The summed E-state index contributed by atoms with van der Waals surface area (Å²) in [6.07, 6.45) is 0. The second kappa shape index (κ2) is 15.0. The number of hydrogen-bond acceptors (Lipinski definition) is 5. The van der Waals surface area contributed by atoms with Gasteiger partial charge in [0, 0.05) is 45.2 Å². The molecule has 0 saturated carbocycles. The number of fused-ring (bicyclic) bond motifs is 9. The summed E-state index contributed by atoms with van der Waals surface area (Å²) in [4.78, 5) is 9.80. The van der Waals surface area contributed by atoms with E-state index >= 15 is 0 Å². The highest BCUT2D eigenvalue weighted by molar-refractivity contribution is 7.00. The molecule has 0 spiro atoms. The van der Waals surface area contributed by atoms with Crippen LogP contribution in [0.15, 0.2) is 186 Å². The SMILES string of the molecule is CC(C)(C)c1ccc(N2c3ccc(C(C)(C)C)cc3B3c4oc5c6c(ccc5c4N(c4ccc(C(C)(C)C)cc4)c4cccc2c43)N(c2ccccc2)c2ccccc2N6c2ccccc2)cc1. The van der Waals surface area contributed by atoms with Crippen LogP contribution in [0.5, 0.6) is 0 Å². The van der Waals surface area contributed by atoms with Crippen LogP contribution in [0.3, 0.4) is 0 Å². The van der Waals surface area contributed by atoms with E-state index in [1.807, 2.05) is 0 Å². The van der Waals surface area contributed by atoms with Crippen molar-refractivity contribution in [3.05, 3.63) is 199 Å². The zero-order valence-electron chi connectivity index (χ0n) is 40.6. The highest BCUT2D eigenvalue weighted by Crippen LogP contribution is 2.58. The zero-order chi connectivity index (χ0) is 46.9. The minimum Gasteiger partial charge on any atom is -0.466 e. The minimum atomic E-state index is -0.196. The van der Waals surface area contributed by atoms with E-state index in [4.69, 9.17) is 4.42 Å². The van der Waals surface area contributed by atoms with Crippen molar-refractivity contribution in [2.24, 2.45) is 0 Å². The molecule has 0 unspecified atom stereocenters. The summed E-state index contributed by atoms with van der Waals surface area (Å²) in [6.45, 7) is 20.5. The first-order valence-electron chi connectivity index (χ1n) is 24.1. The Morgan fingerprint density at radius 3 is 1.35 bits per heavy atom. The summed E-state index contributed by atoms with van der Waals surface area (Å²) in [5, 5.41) is 1.07. The van der Waals surface area contributed by atoms with E-state index in [1.165, 1.54) is 33.3 Å². The van der Waals surface area contributed by atoms with Gasteiger partial charge in [0.05, 0.1) is 28.4 Å². The van der Waals surface area contributed by atoms with Gasteiger partial charge in [-0.3, -0.25) is 0 Å². The Labute approximate surface area is 402 Å². The van der Waals surface area contributed by atoms with Gasteiger partial charge in [0.1, 0.15) is 5.69 Å². The number of rotatable bonds is 4. The molecule has 334 valence electrons. The van der Waals surface area contributed by atoms with Gasteiger partial charge < -0.3 is 24.0 Å². The van der Waals surface area contributed by atoms with E-state index in [9.17, 15) is 0 Å². The fourth-order valence-electron chi connectivity index (χ4n) is 10.9. The molecule has 8 aromatic carbocycles. The van der Waals surface area contributed by atoms with Gasteiger partial charge in [-0.25, -0.2) is 0 Å². The van der Waals surface area contributed by atoms with Crippen LogP contribution in [0, 0.1) is 0 Å². The first-order valence-corrected chi connectivity index (χ1v) is 24.1. The number of para-hydroxylation sites is 4. The topological polar surface area (TPSA) is 26.1 Å². The lowest BCUT2D eigenvalue weighted by molar-refractivity contribution is 0.590. The predicted molar refractivity (Wildman–Crippen MR) is 289 cm³/mol. The highest BCUT2D eigenvalue weighted by atomic mass is 16.3. The van der Waals surface area contributed by atoms with Crippen molar-refractivity contribution in [3.8, 4) is 0 Å². The first-order chi connectivity index (χ1) is 32.7. The molecule has 6 heteroatoms. The predicted octanol–water partition coefficient (Wildman–Crippen LogP) is 15.7. The van der Waals surface area contributed by atoms with Crippen molar-refractivity contribution in [3.63, 3.8) is 0 Å². The molecule has 1 aromatic heterocycles. The van der Waals surface area contributed by atoms with Crippen LogP contribution in [0.25, 0.3) is 11.0 Å². The fourth-order valence-corrected chi connectivity index (χ4v) is 10.9. The standard InChI is InChI=1S/C62H57BN4O/c1-60(2,3)40-27-32-45(33-28-40)64-49-37-31-42(62(7,8)9)39-48(49)63-55-52(64)25-18-26-53(55)67(46-34-29-41(30-35-46)61(4,5)6)56-47-36-38-54-57(58(47)68-59(56)63)66(44-21-14-11-15-22-44)51-24-17-16-23-50(51)65(54)43-19-12-10-13-20-43/h10-39H,1-9H3. The van der Waals surface area contributed by atoms with Crippen LogP contribution in [0.2, 0.25) is 0 Å². The molecule has 0 radical (unpaired) electrons. The monoisotopic (exact) mass is 884 g/mol. The maximum atomic E-state index is 7.87. The summed E-state index contributed by atoms with van der Waals surface area (Å²) in [5.41, 5.74) is 21.4. The van der Waals surface area contributed by atoms with Crippen LogP contribution < -0.4 is 36.2 Å².